The molecule has 0 saturated carbocycles. The van der Waals surface area contributed by atoms with E-state index in [0.717, 1.165) is 18.9 Å². The second-order valence-corrected chi connectivity index (χ2v) is 3.63. The molecule has 1 aromatic heterocycles. The molecule has 0 aliphatic rings. The number of rotatable bonds is 4. The van der Waals surface area contributed by atoms with Crippen molar-refractivity contribution in [2.45, 2.75) is 20.0 Å². The average Bonchev–Trinajstić information content (AvgIpc) is 2.71. The normalized spacial score (nSPS) is 10.5. The zero-order valence-corrected chi connectivity index (χ0v) is 8.83. The number of hydrogen-bond donors (Lipinski definition) is 2. The van der Waals surface area contributed by atoms with Gasteiger partial charge in [0.1, 0.15) is 5.82 Å². The summed E-state index contributed by atoms with van der Waals surface area (Å²) in [5.74, 6) is 0.975. The number of aromatic nitrogens is 2. The van der Waals surface area contributed by atoms with E-state index in [4.69, 9.17) is 0 Å². The summed E-state index contributed by atoms with van der Waals surface area (Å²) in [5.41, 5.74) is 2.61. The molecule has 1 heterocycles. The first-order valence-corrected chi connectivity index (χ1v) is 5.09. The summed E-state index contributed by atoms with van der Waals surface area (Å²) < 4.78 is 0. The molecule has 2 rings (SSSR count). The van der Waals surface area contributed by atoms with Crippen LogP contribution in [0.15, 0.2) is 36.7 Å². The highest BCUT2D eigenvalue weighted by molar-refractivity contribution is 5.21. The Morgan fingerprint density at radius 2 is 2.27 bits per heavy atom. The maximum Gasteiger partial charge on any atom is 0.120 e. The highest BCUT2D eigenvalue weighted by Crippen LogP contribution is 2.03. The third kappa shape index (κ3) is 2.92. The van der Waals surface area contributed by atoms with Crippen LogP contribution in [0.5, 0.6) is 0 Å². The molecule has 0 fully saturated rings. The minimum Gasteiger partial charge on any atom is -0.348 e. The quantitative estimate of drug-likeness (QED) is 0.794. The number of aryl methyl sites for hydroxylation is 1. The molecule has 0 spiro atoms. The van der Waals surface area contributed by atoms with Gasteiger partial charge in [-0.25, -0.2) is 4.98 Å². The Hall–Kier alpha value is -1.61. The standard InChI is InChI=1S/C12H15N3/c1-10-3-2-4-11(7-10)8-13-9-12-14-5-6-15-12/h2-7,13H,8-9H2,1H3,(H,14,15). The first-order chi connectivity index (χ1) is 7.34. The molecule has 15 heavy (non-hydrogen) atoms. The molecule has 2 aromatic rings. The zero-order valence-electron chi connectivity index (χ0n) is 8.83. The molecule has 0 aliphatic heterocycles. The number of benzene rings is 1. The smallest absolute Gasteiger partial charge is 0.120 e. The predicted octanol–water partition coefficient (Wildman–Crippen LogP) is 2.01. The Kier molecular flexibility index (Phi) is 3.15. The summed E-state index contributed by atoms with van der Waals surface area (Å²) >= 11 is 0. The fraction of sp³-hybridized carbons (Fsp3) is 0.250. The van der Waals surface area contributed by atoms with Crippen LogP contribution in [-0.2, 0) is 13.1 Å². The molecule has 0 unspecified atom stereocenters. The lowest BCUT2D eigenvalue weighted by Crippen LogP contribution is -2.13. The van der Waals surface area contributed by atoms with E-state index >= 15 is 0 Å². The van der Waals surface area contributed by atoms with Gasteiger partial charge in [-0.1, -0.05) is 29.8 Å². The van der Waals surface area contributed by atoms with E-state index in [1.165, 1.54) is 11.1 Å². The number of nitrogens with zero attached hydrogens (tertiary/aromatic N) is 1. The van der Waals surface area contributed by atoms with Crippen LogP contribution in [-0.4, -0.2) is 9.97 Å². The Bertz CT molecular complexity index is 407. The van der Waals surface area contributed by atoms with Crippen LogP contribution in [0, 0.1) is 6.92 Å². The molecule has 2 N–H and O–H groups in total. The summed E-state index contributed by atoms with van der Waals surface area (Å²) in [4.78, 5) is 7.21. The van der Waals surface area contributed by atoms with E-state index < -0.39 is 0 Å². The lowest BCUT2D eigenvalue weighted by atomic mass is 10.1. The first kappa shape index (κ1) is 9.93. The number of imidazole rings is 1. The van der Waals surface area contributed by atoms with Gasteiger partial charge in [-0.15, -0.1) is 0 Å². The maximum atomic E-state index is 4.15. The Balaban J connectivity index is 1.83. The lowest BCUT2D eigenvalue weighted by molar-refractivity contribution is 0.668. The topological polar surface area (TPSA) is 40.7 Å². The third-order valence-corrected chi connectivity index (χ3v) is 2.26. The van der Waals surface area contributed by atoms with Crippen molar-refractivity contribution in [1.82, 2.24) is 15.3 Å². The first-order valence-electron chi connectivity index (χ1n) is 5.09. The SMILES string of the molecule is Cc1cccc(CNCc2ncc[nH]2)c1. The van der Waals surface area contributed by atoms with Crippen LogP contribution in [0.1, 0.15) is 17.0 Å². The average molecular weight is 201 g/mol. The van der Waals surface area contributed by atoms with Gasteiger partial charge in [-0.2, -0.15) is 0 Å². The van der Waals surface area contributed by atoms with Crippen molar-refractivity contribution in [3.63, 3.8) is 0 Å². The van der Waals surface area contributed by atoms with E-state index in [9.17, 15) is 0 Å². The summed E-state index contributed by atoms with van der Waals surface area (Å²) in [7, 11) is 0. The molecular formula is C12H15N3. The maximum absolute atomic E-state index is 4.15. The fourth-order valence-electron chi connectivity index (χ4n) is 1.54. The summed E-state index contributed by atoms with van der Waals surface area (Å²) in [6.07, 6.45) is 3.60. The second-order valence-electron chi connectivity index (χ2n) is 3.63. The van der Waals surface area contributed by atoms with Gasteiger partial charge in [0, 0.05) is 18.9 Å². The van der Waals surface area contributed by atoms with Crippen molar-refractivity contribution >= 4 is 0 Å². The van der Waals surface area contributed by atoms with Crippen molar-refractivity contribution in [2.75, 3.05) is 0 Å². The summed E-state index contributed by atoms with van der Waals surface area (Å²) in [5, 5.41) is 3.34. The van der Waals surface area contributed by atoms with Gasteiger partial charge in [0.2, 0.25) is 0 Å². The molecule has 78 valence electrons. The molecule has 0 aliphatic carbocycles. The van der Waals surface area contributed by atoms with Crippen molar-refractivity contribution in [3.05, 3.63) is 53.6 Å². The molecule has 0 amide bonds. The van der Waals surface area contributed by atoms with Gasteiger partial charge < -0.3 is 10.3 Å². The van der Waals surface area contributed by atoms with Crippen molar-refractivity contribution in [2.24, 2.45) is 0 Å². The highest BCUT2D eigenvalue weighted by Gasteiger charge is 1.95. The van der Waals surface area contributed by atoms with Gasteiger partial charge in [0.25, 0.3) is 0 Å². The van der Waals surface area contributed by atoms with Crippen LogP contribution < -0.4 is 5.32 Å². The Labute approximate surface area is 89.6 Å². The Morgan fingerprint density at radius 1 is 1.33 bits per heavy atom. The van der Waals surface area contributed by atoms with Crippen LogP contribution >= 0.6 is 0 Å². The molecule has 0 saturated heterocycles. The van der Waals surface area contributed by atoms with Gasteiger partial charge in [0.15, 0.2) is 0 Å². The zero-order chi connectivity index (χ0) is 10.5. The Morgan fingerprint density at radius 3 is 3.00 bits per heavy atom. The molecule has 3 heteroatoms. The van der Waals surface area contributed by atoms with Crippen LogP contribution in [0.2, 0.25) is 0 Å². The van der Waals surface area contributed by atoms with Gasteiger partial charge in [0.05, 0.1) is 6.54 Å². The van der Waals surface area contributed by atoms with Crippen LogP contribution in [0.4, 0.5) is 0 Å². The lowest BCUT2D eigenvalue weighted by Gasteiger charge is -2.03. The number of nitrogens with one attached hydrogen (secondary N) is 2. The van der Waals surface area contributed by atoms with E-state index in [0.29, 0.717) is 0 Å². The third-order valence-electron chi connectivity index (χ3n) is 2.26. The highest BCUT2D eigenvalue weighted by atomic mass is 15.0. The number of aromatic amines is 1. The summed E-state index contributed by atoms with van der Waals surface area (Å²) in [6.45, 7) is 3.76. The molecule has 0 radical (unpaired) electrons. The minimum atomic E-state index is 0.779. The summed E-state index contributed by atoms with van der Waals surface area (Å²) in [6, 6.07) is 8.51. The number of H-pyrrole nitrogens is 1. The van der Waals surface area contributed by atoms with Crippen molar-refractivity contribution < 1.29 is 0 Å². The molecule has 1 aromatic carbocycles. The number of hydrogen-bond acceptors (Lipinski definition) is 2. The van der Waals surface area contributed by atoms with E-state index in [1.54, 1.807) is 6.20 Å². The van der Waals surface area contributed by atoms with E-state index in [1.807, 2.05) is 6.20 Å². The monoisotopic (exact) mass is 201 g/mol. The van der Waals surface area contributed by atoms with Crippen molar-refractivity contribution in [3.8, 4) is 0 Å². The fourth-order valence-corrected chi connectivity index (χ4v) is 1.54. The molecule has 0 bridgehead atoms. The van der Waals surface area contributed by atoms with Crippen LogP contribution in [0.3, 0.4) is 0 Å². The van der Waals surface area contributed by atoms with E-state index in [2.05, 4.69) is 46.5 Å². The molecule has 3 nitrogen and oxygen atoms in total. The van der Waals surface area contributed by atoms with Gasteiger partial charge in [-0.3, -0.25) is 0 Å². The largest absolute Gasteiger partial charge is 0.348 e. The second kappa shape index (κ2) is 4.75. The van der Waals surface area contributed by atoms with Crippen LogP contribution in [0.25, 0.3) is 0 Å². The van der Waals surface area contributed by atoms with E-state index in [-0.39, 0.29) is 0 Å². The molecule has 0 atom stereocenters. The predicted molar refractivity (Wildman–Crippen MR) is 60.3 cm³/mol. The van der Waals surface area contributed by atoms with Gasteiger partial charge >= 0.3 is 0 Å². The van der Waals surface area contributed by atoms with Crippen molar-refractivity contribution in [1.29, 1.82) is 0 Å². The van der Waals surface area contributed by atoms with Gasteiger partial charge in [-0.05, 0) is 12.5 Å². The molecular weight excluding hydrogens is 186 g/mol. The minimum absolute atomic E-state index is 0.779.